The Bertz CT molecular complexity index is 1550. The third-order valence-electron chi connectivity index (χ3n) is 6.51. The number of piperazine rings is 1. The first-order chi connectivity index (χ1) is 17.9. The fourth-order valence-electron chi connectivity index (χ4n) is 4.90. The third kappa shape index (κ3) is 4.90. The Morgan fingerprint density at radius 2 is 1.92 bits per heavy atom. The van der Waals surface area contributed by atoms with E-state index in [1.807, 2.05) is 46.8 Å². The molecule has 1 aromatic carbocycles. The number of benzene rings is 1. The van der Waals surface area contributed by atoms with E-state index >= 15 is 0 Å². The molecule has 200 valence electrons. The van der Waals surface area contributed by atoms with Crippen LogP contribution in [0.2, 0.25) is 0 Å². The summed E-state index contributed by atoms with van der Waals surface area (Å²) in [5.41, 5.74) is 2.36. The van der Waals surface area contributed by atoms with Gasteiger partial charge in [-0.25, -0.2) is 14.2 Å². The summed E-state index contributed by atoms with van der Waals surface area (Å²) in [4.78, 5) is 34.0. The maximum atomic E-state index is 14.5. The number of ether oxygens (including phenoxy) is 1. The van der Waals surface area contributed by atoms with Crippen LogP contribution in [0.3, 0.4) is 0 Å². The SMILES string of the molecule is Cc1cn2cc(NC(=O)c3ccc(N4CCN(C(=O)OC(C)(C)C)C(C)C4)c4cc(C)oc34)cc(F)c2n1. The molecule has 9 nitrogen and oxygen atoms in total. The molecule has 0 spiro atoms. The highest BCUT2D eigenvalue weighted by molar-refractivity contribution is 6.13. The van der Waals surface area contributed by atoms with Crippen LogP contribution in [0.5, 0.6) is 0 Å². The minimum absolute atomic E-state index is 0.0683. The minimum atomic E-state index is -0.556. The van der Waals surface area contributed by atoms with E-state index in [-0.39, 0.29) is 17.8 Å². The summed E-state index contributed by atoms with van der Waals surface area (Å²) >= 11 is 0. The summed E-state index contributed by atoms with van der Waals surface area (Å²) < 4.78 is 27.6. The Hall–Kier alpha value is -4.08. The predicted octanol–water partition coefficient (Wildman–Crippen LogP) is 5.53. The molecule has 10 heteroatoms. The van der Waals surface area contributed by atoms with Gasteiger partial charge >= 0.3 is 6.09 Å². The Morgan fingerprint density at radius 3 is 2.63 bits per heavy atom. The van der Waals surface area contributed by atoms with Gasteiger partial charge in [-0.3, -0.25) is 4.79 Å². The first kappa shape index (κ1) is 25.6. The van der Waals surface area contributed by atoms with Crippen LogP contribution in [-0.4, -0.2) is 57.6 Å². The highest BCUT2D eigenvalue weighted by atomic mass is 19.1. The largest absolute Gasteiger partial charge is 0.460 e. The first-order valence-corrected chi connectivity index (χ1v) is 12.6. The lowest BCUT2D eigenvalue weighted by atomic mass is 10.1. The van der Waals surface area contributed by atoms with Gasteiger partial charge in [0.2, 0.25) is 0 Å². The Balaban J connectivity index is 1.39. The van der Waals surface area contributed by atoms with E-state index in [4.69, 9.17) is 9.15 Å². The summed E-state index contributed by atoms with van der Waals surface area (Å²) in [6.45, 7) is 12.9. The summed E-state index contributed by atoms with van der Waals surface area (Å²) in [5, 5.41) is 3.59. The van der Waals surface area contributed by atoms with Crippen molar-refractivity contribution < 1.29 is 23.1 Å². The van der Waals surface area contributed by atoms with Crippen molar-refractivity contribution in [3.05, 3.63) is 59.5 Å². The van der Waals surface area contributed by atoms with E-state index in [9.17, 15) is 14.0 Å². The number of anilines is 2. The van der Waals surface area contributed by atoms with Crippen molar-refractivity contribution in [3.63, 3.8) is 0 Å². The summed E-state index contributed by atoms with van der Waals surface area (Å²) in [6, 6.07) is 6.71. The molecular formula is C28H32FN5O4. The highest BCUT2D eigenvalue weighted by Crippen LogP contribution is 2.34. The molecule has 4 heterocycles. The van der Waals surface area contributed by atoms with Crippen molar-refractivity contribution >= 4 is 40.0 Å². The summed E-state index contributed by atoms with van der Waals surface area (Å²) in [6.07, 6.45) is 3.00. The van der Waals surface area contributed by atoms with E-state index in [0.29, 0.717) is 47.9 Å². The van der Waals surface area contributed by atoms with Crippen molar-refractivity contribution in [1.29, 1.82) is 0 Å². The summed E-state index contributed by atoms with van der Waals surface area (Å²) in [5.74, 6) is -0.261. The predicted molar refractivity (Wildman–Crippen MR) is 143 cm³/mol. The molecular weight excluding hydrogens is 489 g/mol. The van der Waals surface area contributed by atoms with Crippen LogP contribution in [-0.2, 0) is 4.74 Å². The average molecular weight is 522 g/mol. The molecule has 2 amide bonds. The molecule has 1 aliphatic heterocycles. The van der Waals surface area contributed by atoms with Crippen molar-refractivity contribution in [1.82, 2.24) is 14.3 Å². The zero-order chi connectivity index (χ0) is 27.4. The number of pyridine rings is 1. The van der Waals surface area contributed by atoms with Crippen molar-refractivity contribution in [2.24, 2.45) is 0 Å². The van der Waals surface area contributed by atoms with E-state index in [0.717, 1.165) is 11.1 Å². The number of hydrogen-bond donors (Lipinski definition) is 1. The molecule has 38 heavy (non-hydrogen) atoms. The van der Waals surface area contributed by atoms with E-state index < -0.39 is 17.3 Å². The number of imidazole rings is 1. The standard InChI is InChI=1S/C28H32FN5O4/c1-16-13-33-15-19(12-22(29)25(33)30-16)31-26(35)20-7-8-23(21-11-18(3)37-24(20)21)32-9-10-34(17(2)14-32)27(36)38-28(4,5)6/h7-8,11-13,15,17H,9-10,14H2,1-6H3,(H,31,35). The molecule has 0 aliphatic carbocycles. The fourth-order valence-corrected chi connectivity index (χ4v) is 4.90. The number of fused-ring (bicyclic) bond motifs is 2. The number of carbonyl (C=O) groups is 2. The van der Waals surface area contributed by atoms with Gasteiger partial charge in [0.1, 0.15) is 16.9 Å². The van der Waals surface area contributed by atoms with Crippen molar-refractivity contribution in [3.8, 4) is 0 Å². The molecule has 4 aromatic rings. The van der Waals surface area contributed by atoms with Crippen LogP contribution in [0.25, 0.3) is 16.6 Å². The topological polar surface area (TPSA) is 92.3 Å². The zero-order valence-electron chi connectivity index (χ0n) is 22.5. The third-order valence-corrected chi connectivity index (χ3v) is 6.51. The number of aromatic nitrogens is 2. The normalized spacial score (nSPS) is 16.3. The number of amides is 2. The molecule has 1 N–H and O–H groups in total. The number of carbonyl (C=O) groups excluding carboxylic acids is 2. The van der Waals surface area contributed by atoms with Gasteiger partial charge in [0, 0.05) is 55.2 Å². The number of nitrogens with zero attached hydrogens (tertiary/aromatic N) is 4. The first-order valence-electron chi connectivity index (χ1n) is 12.6. The Kier molecular flexibility index (Phi) is 6.28. The molecule has 0 bridgehead atoms. The molecule has 3 aromatic heterocycles. The van der Waals surface area contributed by atoms with Crippen LogP contribution in [0, 0.1) is 19.7 Å². The lowest BCUT2D eigenvalue weighted by Crippen LogP contribution is -2.55. The van der Waals surface area contributed by atoms with Crippen molar-refractivity contribution in [2.45, 2.75) is 53.2 Å². The number of aryl methyl sites for hydroxylation is 2. The number of nitrogens with one attached hydrogen (secondary N) is 1. The van der Waals surface area contributed by atoms with E-state index in [1.54, 1.807) is 34.7 Å². The number of hydrogen-bond acceptors (Lipinski definition) is 6. The van der Waals surface area contributed by atoms with Gasteiger partial charge in [-0.15, -0.1) is 0 Å². The van der Waals surface area contributed by atoms with Gasteiger partial charge in [0.05, 0.1) is 16.9 Å². The smallest absolute Gasteiger partial charge is 0.410 e. The second kappa shape index (κ2) is 9.34. The fraction of sp³-hybridized carbons (Fsp3) is 0.393. The number of halogens is 1. The van der Waals surface area contributed by atoms with Gasteiger partial charge in [-0.1, -0.05) is 0 Å². The van der Waals surface area contributed by atoms with Gasteiger partial charge in [-0.2, -0.15) is 0 Å². The lowest BCUT2D eigenvalue weighted by molar-refractivity contribution is 0.0159. The molecule has 0 saturated carbocycles. The second-order valence-corrected chi connectivity index (χ2v) is 10.8. The molecule has 1 fully saturated rings. The summed E-state index contributed by atoms with van der Waals surface area (Å²) in [7, 11) is 0. The minimum Gasteiger partial charge on any atom is -0.460 e. The van der Waals surface area contributed by atoms with Gasteiger partial charge in [0.25, 0.3) is 5.91 Å². The van der Waals surface area contributed by atoms with Crippen LogP contribution >= 0.6 is 0 Å². The van der Waals surface area contributed by atoms with Crippen molar-refractivity contribution in [2.75, 3.05) is 29.9 Å². The van der Waals surface area contributed by atoms with Crippen LogP contribution in [0.15, 0.2) is 41.1 Å². The average Bonchev–Trinajstić information content (AvgIpc) is 3.38. The van der Waals surface area contributed by atoms with E-state index in [1.165, 1.54) is 6.07 Å². The van der Waals surface area contributed by atoms with Crippen LogP contribution in [0.4, 0.5) is 20.6 Å². The van der Waals surface area contributed by atoms with E-state index in [2.05, 4.69) is 15.2 Å². The van der Waals surface area contributed by atoms with Gasteiger partial charge < -0.3 is 28.7 Å². The quantitative estimate of drug-likeness (QED) is 0.381. The molecule has 1 atom stereocenters. The molecule has 1 saturated heterocycles. The molecule has 5 rings (SSSR count). The second-order valence-electron chi connectivity index (χ2n) is 10.8. The molecule has 1 aliphatic rings. The highest BCUT2D eigenvalue weighted by Gasteiger charge is 2.32. The molecule has 1 unspecified atom stereocenters. The lowest BCUT2D eigenvalue weighted by Gasteiger charge is -2.41. The Morgan fingerprint density at radius 1 is 1.16 bits per heavy atom. The van der Waals surface area contributed by atoms with Crippen LogP contribution < -0.4 is 10.2 Å². The Labute approximate surface area is 220 Å². The van der Waals surface area contributed by atoms with Gasteiger partial charge in [0.15, 0.2) is 11.5 Å². The van der Waals surface area contributed by atoms with Gasteiger partial charge in [-0.05, 0) is 59.7 Å². The number of furan rings is 1. The maximum Gasteiger partial charge on any atom is 0.410 e. The van der Waals surface area contributed by atoms with Crippen LogP contribution in [0.1, 0.15) is 49.5 Å². The monoisotopic (exact) mass is 521 g/mol. The molecule has 0 radical (unpaired) electrons. The zero-order valence-corrected chi connectivity index (χ0v) is 22.5. The maximum absolute atomic E-state index is 14.5. The number of rotatable bonds is 3.